The summed E-state index contributed by atoms with van der Waals surface area (Å²) in [6, 6.07) is -0.149. The van der Waals surface area contributed by atoms with Gasteiger partial charge in [0, 0.05) is 13.1 Å². The van der Waals surface area contributed by atoms with Gasteiger partial charge in [-0.05, 0) is 13.8 Å². The van der Waals surface area contributed by atoms with Crippen LogP contribution in [-0.2, 0) is 11.3 Å². The van der Waals surface area contributed by atoms with Crippen molar-refractivity contribution in [3.8, 4) is 0 Å². The fourth-order valence-corrected chi connectivity index (χ4v) is 1.32. The summed E-state index contributed by atoms with van der Waals surface area (Å²) in [4.78, 5) is 17.6. The molecule has 3 N–H and O–H groups in total. The molecule has 0 bridgehead atoms. The number of nitrogens with two attached hydrogens (primary N) is 1. The molecule has 0 aliphatic heterocycles. The van der Waals surface area contributed by atoms with E-state index in [1.54, 1.807) is 11.9 Å². The van der Waals surface area contributed by atoms with Gasteiger partial charge >= 0.3 is 0 Å². The fraction of sp³-hybridized carbons (Fsp3) is 0.700. The number of carbonyl (C=O) groups excluding carboxylic acids is 1. The molecule has 0 radical (unpaired) electrons. The molecule has 1 amide bonds. The van der Waals surface area contributed by atoms with Crippen LogP contribution in [0.1, 0.15) is 25.5 Å². The predicted octanol–water partition coefficient (Wildman–Crippen LogP) is 0.0548. The van der Waals surface area contributed by atoms with Crippen LogP contribution in [0.4, 0.5) is 0 Å². The van der Waals surface area contributed by atoms with Crippen LogP contribution in [-0.4, -0.2) is 39.1 Å². The zero-order valence-corrected chi connectivity index (χ0v) is 10.2. The van der Waals surface area contributed by atoms with E-state index in [2.05, 4.69) is 15.2 Å². The molecule has 16 heavy (non-hydrogen) atoms. The minimum atomic E-state index is -0.190. The second-order valence-electron chi connectivity index (χ2n) is 4.18. The summed E-state index contributed by atoms with van der Waals surface area (Å²) in [7, 11) is 1.73. The maximum Gasteiger partial charge on any atom is 0.227 e. The van der Waals surface area contributed by atoms with Crippen molar-refractivity contribution in [3.05, 3.63) is 11.6 Å². The molecule has 1 rings (SSSR count). The van der Waals surface area contributed by atoms with Crippen molar-refractivity contribution in [1.29, 1.82) is 0 Å². The van der Waals surface area contributed by atoms with Gasteiger partial charge in [-0.25, -0.2) is 4.98 Å². The van der Waals surface area contributed by atoms with E-state index in [1.807, 2.05) is 20.8 Å². The molecule has 6 nitrogen and oxygen atoms in total. The first-order chi connectivity index (χ1) is 7.41. The Hall–Kier alpha value is -1.43. The minimum Gasteiger partial charge on any atom is -0.338 e. The van der Waals surface area contributed by atoms with Gasteiger partial charge in [0.25, 0.3) is 0 Å². The molecule has 0 aromatic carbocycles. The van der Waals surface area contributed by atoms with Crippen LogP contribution in [0.5, 0.6) is 0 Å². The van der Waals surface area contributed by atoms with Crippen molar-refractivity contribution >= 4 is 5.91 Å². The van der Waals surface area contributed by atoms with E-state index in [4.69, 9.17) is 5.73 Å². The highest BCUT2D eigenvalue weighted by atomic mass is 16.2. The number of nitrogens with one attached hydrogen (secondary N) is 1. The molecule has 0 saturated heterocycles. The number of hydrogen-bond acceptors (Lipinski definition) is 4. The van der Waals surface area contributed by atoms with Crippen LogP contribution < -0.4 is 5.73 Å². The zero-order chi connectivity index (χ0) is 12.3. The number of aryl methyl sites for hydroxylation is 1. The van der Waals surface area contributed by atoms with Gasteiger partial charge in [-0.3, -0.25) is 9.89 Å². The molecule has 1 heterocycles. The topological polar surface area (TPSA) is 87.9 Å². The lowest BCUT2D eigenvalue weighted by Gasteiger charge is -2.22. The first-order valence-corrected chi connectivity index (χ1v) is 5.30. The average molecular weight is 225 g/mol. The van der Waals surface area contributed by atoms with Gasteiger partial charge in [0.15, 0.2) is 5.82 Å². The number of H-pyrrole nitrogens is 1. The molecule has 0 aliphatic rings. The summed E-state index contributed by atoms with van der Waals surface area (Å²) in [6.07, 6.45) is 0. The first kappa shape index (κ1) is 12.6. The van der Waals surface area contributed by atoms with Crippen LogP contribution in [0.2, 0.25) is 0 Å². The van der Waals surface area contributed by atoms with Crippen LogP contribution in [0.15, 0.2) is 0 Å². The maximum atomic E-state index is 11.9. The molecule has 0 spiro atoms. The van der Waals surface area contributed by atoms with Crippen molar-refractivity contribution in [2.45, 2.75) is 33.4 Å². The molecule has 0 aliphatic carbocycles. The van der Waals surface area contributed by atoms with Crippen LogP contribution >= 0.6 is 0 Å². The Morgan fingerprint density at radius 1 is 1.56 bits per heavy atom. The maximum absolute atomic E-state index is 11.9. The Morgan fingerprint density at radius 3 is 2.62 bits per heavy atom. The Balaban J connectivity index is 2.58. The summed E-state index contributed by atoms with van der Waals surface area (Å²) in [5.41, 5.74) is 5.69. The van der Waals surface area contributed by atoms with Gasteiger partial charge in [-0.15, -0.1) is 0 Å². The standard InChI is InChI=1S/C10H19N5O/c1-6(7(2)11)10(16)15(4)5-9-12-8(3)13-14-9/h6-7H,5,11H2,1-4H3,(H,12,13,14). The molecule has 1 aromatic heterocycles. The van der Waals surface area contributed by atoms with Crippen LogP contribution in [0.3, 0.4) is 0 Å². The highest BCUT2D eigenvalue weighted by Crippen LogP contribution is 2.06. The lowest BCUT2D eigenvalue weighted by Crippen LogP contribution is -2.39. The van der Waals surface area contributed by atoms with E-state index < -0.39 is 0 Å². The molecular formula is C10H19N5O. The van der Waals surface area contributed by atoms with E-state index in [0.717, 1.165) is 5.82 Å². The van der Waals surface area contributed by atoms with Crippen molar-refractivity contribution in [2.24, 2.45) is 11.7 Å². The number of rotatable bonds is 4. The molecule has 6 heteroatoms. The molecule has 2 unspecified atom stereocenters. The van der Waals surface area contributed by atoms with Gasteiger partial charge in [0.2, 0.25) is 5.91 Å². The van der Waals surface area contributed by atoms with E-state index in [9.17, 15) is 4.79 Å². The van der Waals surface area contributed by atoms with Crippen molar-refractivity contribution < 1.29 is 4.79 Å². The van der Waals surface area contributed by atoms with Crippen LogP contribution in [0.25, 0.3) is 0 Å². The number of amides is 1. The molecule has 0 saturated carbocycles. The number of aromatic nitrogens is 3. The van der Waals surface area contributed by atoms with E-state index in [-0.39, 0.29) is 17.9 Å². The monoisotopic (exact) mass is 225 g/mol. The third-order valence-electron chi connectivity index (χ3n) is 2.58. The molecule has 90 valence electrons. The Bertz CT molecular complexity index is 360. The van der Waals surface area contributed by atoms with Gasteiger partial charge in [-0.2, -0.15) is 5.10 Å². The summed E-state index contributed by atoms with van der Waals surface area (Å²) in [5, 5.41) is 6.72. The highest BCUT2D eigenvalue weighted by Gasteiger charge is 2.21. The van der Waals surface area contributed by atoms with E-state index in [1.165, 1.54) is 0 Å². The molecular weight excluding hydrogens is 206 g/mol. The van der Waals surface area contributed by atoms with Gasteiger partial charge in [0.05, 0.1) is 12.5 Å². The van der Waals surface area contributed by atoms with Crippen molar-refractivity contribution in [1.82, 2.24) is 20.1 Å². The number of carbonyl (C=O) groups is 1. The third kappa shape index (κ3) is 3.03. The van der Waals surface area contributed by atoms with Crippen molar-refractivity contribution in [2.75, 3.05) is 7.05 Å². The number of aromatic amines is 1. The van der Waals surface area contributed by atoms with Gasteiger partial charge in [0.1, 0.15) is 5.82 Å². The lowest BCUT2D eigenvalue weighted by molar-refractivity contribution is -0.134. The zero-order valence-electron chi connectivity index (χ0n) is 10.2. The van der Waals surface area contributed by atoms with Gasteiger partial charge < -0.3 is 10.6 Å². The Labute approximate surface area is 95.2 Å². The quantitative estimate of drug-likeness (QED) is 0.758. The van der Waals surface area contributed by atoms with Crippen molar-refractivity contribution in [3.63, 3.8) is 0 Å². The lowest BCUT2D eigenvalue weighted by atomic mass is 10.0. The summed E-state index contributed by atoms with van der Waals surface area (Å²) < 4.78 is 0. The normalized spacial score (nSPS) is 14.6. The Kier molecular flexibility index (Phi) is 4.00. The third-order valence-corrected chi connectivity index (χ3v) is 2.58. The highest BCUT2D eigenvalue weighted by molar-refractivity contribution is 5.78. The predicted molar refractivity (Wildman–Crippen MR) is 60.4 cm³/mol. The summed E-state index contributed by atoms with van der Waals surface area (Å²) in [5.74, 6) is 1.18. The number of hydrogen-bond donors (Lipinski definition) is 2. The summed E-state index contributed by atoms with van der Waals surface area (Å²) >= 11 is 0. The van der Waals surface area contributed by atoms with E-state index in [0.29, 0.717) is 12.4 Å². The second-order valence-corrected chi connectivity index (χ2v) is 4.18. The average Bonchev–Trinajstić information content (AvgIpc) is 2.61. The largest absolute Gasteiger partial charge is 0.338 e. The SMILES string of the molecule is Cc1nc(CN(C)C(=O)C(C)C(C)N)n[nH]1. The fourth-order valence-electron chi connectivity index (χ4n) is 1.32. The molecule has 1 aromatic rings. The second kappa shape index (κ2) is 5.07. The number of nitrogens with zero attached hydrogens (tertiary/aromatic N) is 3. The smallest absolute Gasteiger partial charge is 0.227 e. The van der Waals surface area contributed by atoms with Crippen LogP contribution in [0, 0.1) is 12.8 Å². The van der Waals surface area contributed by atoms with E-state index >= 15 is 0 Å². The Morgan fingerprint density at radius 2 is 2.19 bits per heavy atom. The molecule has 0 fully saturated rings. The summed E-state index contributed by atoms with van der Waals surface area (Å²) in [6.45, 7) is 5.88. The van der Waals surface area contributed by atoms with Gasteiger partial charge in [-0.1, -0.05) is 6.92 Å². The minimum absolute atomic E-state index is 0.0115. The molecule has 2 atom stereocenters. The first-order valence-electron chi connectivity index (χ1n) is 5.30.